The third-order valence-corrected chi connectivity index (χ3v) is 2.47. The molecule has 1 aromatic heterocycles. The zero-order valence-corrected chi connectivity index (χ0v) is 10.4. The molecule has 0 aliphatic carbocycles. The minimum Gasteiger partial charge on any atom is -0.497 e. The molecule has 1 amide bonds. The molecule has 94 valence electrons. The molecule has 0 aliphatic rings. The standard InChI is InChI=1S/C15H12N2O2/c1-19-12-5-2-4-11(10-12)7-8-14-13(15(16)18)6-3-9-17-14/h2-6,9-10H,1H3,(H2,16,18). The smallest absolute Gasteiger partial charge is 0.251 e. The van der Waals surface area contributed by atoms with Crippen LogP contribution in [-0.2, 0) is 0 Å². The fraction of sp³-hybridized carbons (Fsp3) is 0.0667. The van der Waals surface area contributed by atoms with Gasteiger partial charge in [-0.3, -0.25) is 4.79 Å². The third-order valence-electron chi connectivity index (χ3n) is 2.47. The number of nitrogens with zero attached hydrogens (tertiary/aromatic N) is 1. The molecule has 0 saturated heterocycles. The number of carbonyl (C=O) groups excluding carboxylic acids is 1. The fourth-order valence-corrected chi connectivity index (χ4v) is 1.54. The minimum absolute atomic E-state index is 0.317. The predicted octanol–water partition coefficient (Wildman–Crippen LogP) is 1.59. The Morgan fingerprint density at radius 2 is 2.11 bits per heavy atom. The van der Waals surface area contributed by atoms with Gasteiger partial charge in [-0.1, -0.05) is 12.0 Å². The van der Waals surface area contributed by atoms with Crippen LogP contribution in [0.4, 0.5) is 0 Å². The average molecular weight is 252 g/mol. The van der Waals surface area contributed by atoms with Crippen molar-refractivity contribution >= 4 is 5.91 Å². The number of carbonyl (C=O) groups is 1. The molecule has 1 aromatic carbocycles. The number of nitrogens with two attached hydrogens (primary N) is 1. The lowest BCUT2D eigenvalue weighted by molar-refractivity contribution is 0.0999. The highest BCUT2D eigenvalue weighted by Crippen LogP contribution is 2.11. The van der Waals surface area contributed by atoms with Crippen LogP contribution in [0.25, 0.3) is 0 Å². The van der Waals surface area contributed by atoms with E-state index in [9.17, 15) is 4.79 Å². The molecule has 4 nitrogen and oxygen atoms in total. The van der Waals surface area contributed by atoms with Crippen LogP contribution < -0.4 is 10.5 Å². The number of hydrogen-bond acceptors (Lipinski definition) is 3. The Morgan fingerprint density at radius 1 is 1.26 bits per heavy atom. The first-order valence-electron chi connectivity index (χ1n) is 5.61. The van der Waals surface area contributed by atoms with Crippen molar-refractivity contribution in [3.05, 3.63) is 59.4 Å². The normalized spacial score (nSPS) is 9.32. The maximum atomic E-state index is 11.2. The van der Waals surface area contributed by atoms with Crippen LogP contribution >= 0.6 is 0 Å². The maximum Gasteiger partial charge on any atom is 0.251 e. The van der Waals surface area contributed by atoms with E-state index in [-0.39, 0.29) is 0 Å². The lowest BCUT2D eigenvalue weighted by Gasteiger charge is -1.99. The second-order valence-corrected chi connectivity index (χ2v) is 3.75. The van der Waals surface area contributed by atoms with E-state index < -0.39 is 5.91 Å². The molecule has 2 rings (SSSR count). The molecule has 19 heavy (non-hydrogen) atoms. The van der Waals surface area contributed by atoms with Crippen LogP contribution in [-0.4, -0.2) is 18.0 Å². The Bertz CT molecular complexity index is 669. The number of amides is 1. The molecule has 1 heterocycles. The van der Waals surface area contributed by atoms with E-state index in [1.807, 2.05) is 18.2 Å². The van der Waals surface area contributed by atoms with Crippen molar-refractivity contribution in [3.63, 3.8) is 0 Å². The second-order valence-electron chi connectivity index (χ2n) is 3.75. The monoisotopic (exact) mass is 252 g/mol. The first kappa shape index (κ1) is 12.7. The van der Waals surface area contributed by atoms with Crippen LogP contribution in [0.3, 0.4) is 0 Å². The summed E-state index contributed by atoms with van der Waals surface area (Å²) in [6, 6.07) is 10.6. The van der Waals surface area contributed by atoms with Gasteiger partial charge >= 0.3 is 0 Å². The molecule has 2 aromatic rings. The zero-order chi connectivity index (χ0) is 13.7. The van der Waals surface area contributed by atoms with Gasteiger partial charge in [0.25, 0.3) is 5.91 Å². The van der Waals surface area contributed by atoms with E-state index >= 15 is 0 Å². The largest absolute Gasteiger partial charge is 0.497 e. The van der Waals surface area contributed by atoms with Crippen molar-refractivity contribution in [1.29, 1.82) is 0 Å². The van der Waals surface area contributed by atoms with Gasteiger partial charge in [-0.25, -0.2) is 4.98 Å². The lowest BCUT2D eigenvalue weighted by Crippen LogP contribution is -2.13. The first-order chi connectivity index (χ1) is 9.20. The number of benzene rings is 1. The third kappa shape index (κ3) is 3.11. The highest BCUT2D eigenvalue weighted by molar-refractivity contribution is 5.94. The minimum atomic E-state index is -0.539. The molecule has 2 N–H and O–H groups in total. The van der Waals surface area contributed by atoms with Gasteiger partial charge in [0.1, 0.15) is 11.4 Å². The van der Waals surface area contributed by atoms with Crippen molar-refractivity contribution in [2.24, 2.45) is 5.73 Å². The van der Waals surface area contributed by atoms with Crippen LogP contribution in [0.1, 0.15) is 21.6 Å². The molecule has 0 saturated carbocycles. The molecule has 0 radical (unpaired) electrons. The van der Waals surface area contributed by atoms with Gasteiger partial charge in [-0.15, -0.1) is 0 Å². The summed E-state index contributed by atoms with van der Waals surface area (Å²) in [7, 11) is 1.59. The maximum absolute atomic E-state index is 11.2. The zero-order valence-electron chi connectivity index (χ0n) is 10.4. The summed E-state index contributed by atoms with van der Waals surface area (Å²) >= 11 is 0. The van der Waals surface area contributed by atoms with Crippen LogP contribution in [0, 0.1) is 11.8 Å². The quantitative estimate of drug-likeness (QED) is 0.825. The lowest BCUT2D eigenvalue weighted by atomic mass is 10.1. The van der Waals surface area contributed by atoms with E-state index in [0.29, 0.717) is 11.3 Å². The number of methoxy groups -OCH3 is 1. The van der Waals surface area contributed by atoms with Crippen LogP contribution in [0.5, 0.6) is 5.75 Å². The van der Waals surface area contributed by atoms with Crippen molar-refractivity contribution in [1.82, 2.24) is 4.98 Å². The van der Waals surface area contributed by atoms with Gasteiger partial charge in [-0.2, -0.15) is 0 Å². The second kappa shape index (κ2) is 5.69. The number of pyridine rings is 1. The average Bonchev–Trinajstić information content (AvgIpc) is 2.45. The summed E-state index contributed by atoms with van der Waals surface area (Å²) in [6.45, 7) is 0. The number of ether oxygens (including phenoxy) is 1. The van der Waals surface area contributed by atoms with Crippen LogP contribution in [0.2, 0.25) is 0 Å². The molecular weight excluding hydrogens is 240 g/mol. The molecule has 0 fully saturated rings. The molecule has 0 spiro atoms. The first-order valence-corrected chi connectivity index (χ1v) is 5.61. The van der Waals surface area contributed by atoms with Gasteiger partial charge < -0.3 is 10.5 Å². The molecule has 0 aliphatic heterocycles. The number of aromatic nitrogens is 1. The summed E-state index contributed by atoms with van der Waals surface area (Å²) in [4.78, 5) is 15.3. The Kier molecular flexibility index (Phi) is 3.79. The van der Waals surface area contributed by atoms with Crippen molar-refractivity contribution in [3.8, 4) is 17.6 Å². The van der Waals surface area contributed by atoms with Gasteiger partial charge in [0.05, 0.1) is 12.7 Å². The summed E-state index contributed by atoms with van der Waals surface area (Å²) in [5.74, 6) is 5.96. The molecule has 4 heteroatoms. The number of rotatable bonds is 2. The number of primary amides is 1. The van der Waals surface area contributed by atoms with E-state index in [1.54, 1.807) is 31.5 Å². The summed E-state index contributed by atoms with van der Waals surface area (Å²) in [5, 5.41) is 0. The predicted molar refractivity (Wildman–Crippen MR) is 71.7 cm³/mol. The molecule has 0 bridgehead atoms. The summed E-state index contributed by atoms with van der Waals surface area (Å²) in [5.41, 5.74) is 6.73. The van der Waals surface area contributed by atoms with Gasteiger partial charge in [0.15, 0.2) is 0 Å². The van der Waals surface area contributed by atoms with E-state index in [0.717, 1.165) is 11.3 Å². The Labute approximate surface area is 111 Å². The Hall–Kier alpha value is -2.80. The topological polar surface area (TPSA) is 65.2 Å². The Balaban J connectivity index is 2.36. The fourth-order valence-electron chi connectivity index (χ4n) is 1.54. The van der Waals surface area contributed by atoms with E-state index in [2.05, 4.69) is 16.8 Å². The van der Waals surface area contributed by atoms with E-state index in [1.165, 1.54) is 0 Å². The van der Waals surface area contributed by atoms with Gasteiger partial charge in [0, 0.05) is 11.8 Å². The highest BCUT2D eigenvalue weighted by Gasteiger charge is 2.05. The summed E-state index contributed by atoms with van der Waals surface area (Å²) in [6.07, 6.45) is 1.57. The highest BCUT2D eigenvalue weighted by atomic mass is 16.5. The molecular formula is C15H12N2O2. The van der Waals surface area contributed by atoms with Crippen molar-refractivity contribution < 1.29 is 9.53 Å². The summed E-state index contributed by atoms with van der Waals surface area (Å²) < 4.78 is 5.11. The molecule has 0 atom stereocenters. The van der Waals surface area contributed by atoms with E-state index in [4.69, 9.17) is 10.5 Å². The van der Waals surface area contributed by atoms with Crippen molar-refractivity contribution in [2.75, 3.05) is 7.11 Å². The number of hydrogen-bond donors (Lipinski definition) is 1. The van der Waals surface area contributed by atoms with Gasteiger partial charge in [-0.05, 0) is 36.3 Å². The Morgan fingerprint density at radius 3 is 2.84 bits per heavy atom. The SMILES string of the molecule is COc1cccc(C#Cc2ncccc2C(N)=O)c1. The molecule has 0 unspecified atom stereocenters. The van der Waals surface area contributed by atoms with Gasteiger partial charge in [0.2, 0.25) is 0 Å². The van der Waals surface area contributed by atoms with Crippen LogP contribution in [0.15, 0.2) is 42.6 Å². The van der Waals surface area contributed by atoms with Crippen molar-refractivity contribution in [2.45, 2.75) is 0 Å².